The molecule has 2 aromatic rings. The van der Waals surface area contributed by atoms with Crippen LogP contribution in [0.15, 0.2) is 12.4 Å². The van der Waals surface area contributed by atoms with Crippen molar-refractivity contribution in [3.63, 3.8) is 0 Å². The first-order chi connectivity index (χ1) is 10.0. The third kappa shape index (κ3) is 3.59. The monoisotopic (exact) mass is 291 g/mol. The third-order valence-electron chi connectivity index (χ3n) is 3.36. The molecule has 0 aromatic carbocycles. The van der Waals surface area contributed by atoms with E-state index in [1.807, 2.05) is 17.7 Å². The van der Waals surface area contributed by atoms with Gasteiger partial charge in [-0.3, -0.25) is 15.1 Å². The van der Waals surface area contributed by atoms with Gasteiger partial charge in [0, 0.05) is 24.8 Å². The number of anilines is 1. The standard InChI is InChI=1S/C13H21N7O/c1-5-9(2)20-10(3)6-11(18-20)16-13(21)19(4)7-12-14-8-15-17-12/h6,8-9H,5,7H2,1-4H3,(H,14,15,17)(H,16,18,21). The van der Waals surface area contributed by atoms with E-state index in [1.165, 1.54) is 11.2 Å². The molecule has 0 bridgehead atoms. The van der Waals surface area contributed by atoms with Crippen molar-refractivity contribution in [2.75, 3.05) is 12.4 Å². The summed E-state index contributed by atoms with van der Waals surface area (Å²) in [5.74, 6) is 1.19. The van der Waals surface area contributed by atoms with E-state index >= 15 is 0 Å². The first kappa shape index (κ1) is 15.0. The fourth-order valence-electron chi connectivity index (χ4n) is 1.98. The largest absolute Gasteiger partial charge is 0.323 e. The molecule has 8 heteroatoms. The number of hydrogen-bond donors (Lipinski definition) is 2. The Morgan fingerprint density at radius 1 is 1.57 bits per heavy atom. The molecule has 2 N–H and O–H groups in total. The minimum absolute atomic E-state index is 0.236. The number of carbonyl (C=O) groups excluding carboxylic acids is 1. The fourth-order valence-corrected chi connectivity index (χ4v) is 1.98. The lowest BCUT2D eigenvalue weighted by Gasteiger charge is -2.15. The molecule has 8 nitrogen and oxygen atoms in total. The van der Waals surface area contributed by atoms with E-state index in [0.29, 0.717) is 24.2 Å². The van der Waals surface area contributed by atoms with Crippen molar-refractivity contribution in [1.82, 2.24) is 29.9 Å². The van der Waals surface area contributed by atoms with Crippen molar-refractivity contribution in [1.29, 1.82) is 0 Å². The van der Waals surface area contributed by atoms with Crippen molar-refractivity contribution in [2.45, 2.75) is 39.8 Å². The molecule has 21 heavy (non-hydrogen) atoms. The summed E-state index contributed by atoms with van der Waals surface area (Å²) in [5.41, 5.74) is 1.03. The molecule has 2 heterocycles. The molecule has 1 atom stereocenters. The van der Waals surface area contributed by atoms with Crippen LogP contribution in [-0.2, 0) is 6.54 Å². The maximum Gasteiger partial charge on any atom is 0.323 e. The molecular weight excluding hydrogens is 270 g/mol. The number of aromatic amines is 1. The smallest absolute Gasteiger partial charge is 0.320 e. The third-order valence-corrected chi connectivity index (χ3v) is 3.36. The van der Waals surface area contributed by atoms with Gasteiger partial charge in [-0.05, 0) is 20.3 Å². The molecule has 0 fully saturated rings. The zero-order valence-corrected chi connectivity index (χ0v) is 12.8. The second-order valence-electron chi connectivity index (χ2n) is 5.09. The lowest BCUT2D eigenvalue weighted by molar-refractivity contribution is 0.219. The number of urea groups is 1. The van der Waals surface area contributed by atoms with E-state index in [-0.39, 0.29) is 6.03 Å². The molecule has 0 aliphatic rings. The van der Waals surface area contributed by atoms with E-state index in [9.17, 15) is 4.79 Å². The Kier molecular flexibility index (Phi) is 4.56. The van der Waals surface area contributed by atoms with Gasteiger partial charge in [-0.15, -0.1) is 0 Å². The van der Waals surface area contributed by atoms with Crippen LogP contribution in [0.1, 0.15) is 37.8 Å². The summed E-state index contributed by atoms with van der Waals surface area (Å²) in [5, 5.41) is 13.7. The topological polar surface area (TPSA) is 91.7 Å². The molecule has 2 aromatic heterocycles. The summed E-state index contributed by atoms with van der Waals surface area (Å²) in [7, 11) is 1.69. The Balaban J connectivity index is 1.99. The minimum atomic E-state index is -0.236. The molecular formula is C13H21N7O. The van der Waals surface area contributed by atoms with Crippen LogP contribution in [0.25, 0.3) is 0 Å². The number of hydrogen-bond acceptors (Lipinski definition) is 4. The van der Waals surface area contributed by atoms with Crippen LogP contribution in [0.3, 0.4) is 0 Å². The SMILES string of the molecule is CCC(C)n1nc(NC(=O)N(C)Cc2ncn[nH]2)cc1C. The predicted molar refractivity (Wildman–Crippen MR) is 78.8 cm³/mol. The zero-order chi connectivity index (χ0) is 15.4. The highest BCUT2D eigenvalue weighted by atomic mass is 16.2. The van der Waals surface area contributed by atoms with E-state index in [4.69, 9.17) is 0 Å². The fraction of sp³-hybridized carbons (Fsp3) is 0.538. The van der Waals surface area contributed by atoms with Crippen molar-refractivity contribution in [3.8, 4) is 0 Å². The number of rotatable bonds is 5. The minimum Gasteiger partial charge on any atom is -0.320 e. The molecule has 0 saturated carbocycles. The molecule has 0 aliphatic heterocycles. The van der Waals surface area contributed by atoms with Gasteiger partial charge in [0.1, 0.15) is 12.2 Å². The van der Waals surface area contributed by atoms with Gasteiger partial charge in [-0.2, -0.15) is 10.2 Å². The number of amides is 2. The average Bonchev–Trinajstić information content (AvgIpc) is 3.07. The summed E-state index contributed by atoms with van der Waals surface area (Å²) in [6.45, 7) is 6.54. The molecule has 2 amide bonds. The Hall–Kier alpha value is -2.38. The summed E-state index contributed by atoms with van der Waals surface area (Å²) in [6.07, 6.45) is 2.40. The maximum atomic E-state index is 12.1. The van der Waals surface area contributed by atoms with Crippen molar-refractivity contribution in [2.24, 2.45) is 0 Å². The van der Waals surface area contributed by atoms with Gasteiger partial charge >= 0.3 is 6.03 Å². The second-order valence-corrected chi connectivity index (χ2v) is 5.09. The number of nitrogens with zero attached hydrogens (tertiary/aromatic N) is 5. The molecule has 0 saturated heterocycles. The highest BCUT2D eigenvalue weighted by molar-refractivity contribution is 5.88. The Labute approximate surface area is 123 Å². The number of carbonyl (C=O) groups is 1. The van der Waals surface area contributed by atoms with Crippen LogP contribution >= 0.6 is 0 Å². The molecule has 0 radical (unpaired) electrons. The lowest BCUT2D eigenvalue weighted by Crippen LogP contribution is -2.31. The Bertz CT molecular complexity index is 590. The summed E-state index contributed by atoms with van der Waals surface area (Å²) >= 11 is 0. The first-order valence-electron chi connectivity index (χ1n) is 6.93. The van der Waals surface area contributed by atoms with Gasteiger partial charge in [-0.1, -0.05) is 6.92 Å². The van der Waals surface area contributed by atoms with Crippen LogP contribution in [0.4, 0.5) is 10.6 Å². The number of aromatic nitrogens is 5. The van der Waals surface area contributed by atoms with Crippen molar-refractivity contribution >= 4 is 11.8 Å². The Morgan fingerprint density at radius 2 is 2.33 bits per heavy atom. The maximum absolute atomic E-state index is 12.1. The zero-order valence-electron chi connectivity index (χ0n) is 12.8. The molecule has 2 rings (SSSR count). The number of H-pyrrole nitrogens is 1. The number of aryl methyl sites for hydroxylation is 1. The van der Waals surface area contributed by atoms with Gasteiger partial charge < -0.3 is 4.90 Å². The highest BCUT2D eigenvalue weighted by Crippen LogP contribution is 2.16. The second kappa shape index (κ2) is 6.38. The number of nitrogens with one attached hydrogen (secondary N) is 2. The van der Waals surface area contributed by atoms with Gasteiger partial charge in [0.25, 0.3) is 0 Å². The van der Waals surface area contributed by atoms with Crippen molar-refractivity contribution < 1.29 is 4.79 Å². The molecule has 0 spiro atoms. The van der Waals surface area contributed by atoms with Gasteiger partial charge in [0.2, 0.25) is 0 Å². The summed E-state index contributed by atoms with van der Waals surface area (Å²) in [6, 6.07) is 1.94. The highest BCUT2D eigenvalue weighted by Gasteiger charge is 2.14. The van der Waals surface area contributed by atoms with Crippen LogP contribution < -0.4 is 5.32 Å². The van der Waals surface area contributed by atoms with Crippen LogP contribution in [0, 0.1) is 6.92 Å². The van der Waals surface area contributed by atoms with E-state index in [0.717, 1.165) is 12.1 Å². The van der Waals surface area contributed by atoms with E-state index < -0.39 is 0 Å². The van der Waals surface area contributed by atoms with Crippen LogP contribution in [0.2, 0.25) is 0 Å². The normalized spacial score (nSPS) is 12.2. The average molecular weight is 291 g/mol. The summed E-state index contributed by atoms with van der Waals surface area (Å²) in [4.78, 5) is 17.6. The molecule has 0 aliphatic carbocycles. The van der Waals surface area contributed by atoms with Gasteiger partial charge in [0.05, 0.1) is 6.54 Å². The van der Waals surface area contributed by atoms with Gasteiger partial charge in [0.15, 0.2) is 5.82 Å². The molecule has 114 valence electrons. The predicted octanol–water partition coefficient (Wildman–Crippen LogP) is 1.94. The quantitative estimate of drug-likeness (QED) is 0.880. The van der Waals surface area contributed by atoms with E-state index in [1.54, 1.807) is 7.05 Å². The van der Waals surface area contributed by atoms with Gasteiger partial charge in [-0.25, -0.2) is 9.78 Å². The van der Waals surface area contributed by atoms with Crippen LogP contribution in [-0.4, -0.2) is 42.9 Å². The first-order valence-corrected chi connectivity index (χ1v) is 6.93. The summed E-state index contributed by atoms with van der Waals surface area (Å²) < 4.78 is 1.92. The lowest BCUT2D eigenvalue weighted by atomic mass is 10.2. The van der Waals surface area contributed by atoms with Crippen LogP contribution in [0.5, 0.6) is 0 Å². The molecule has 1 unspecified atom stereocenters. The Morgan fingerprint density at radius 3 is 2.95 bits per heavy atom. The van der Waals surface area contributed by atoms with Crippen molar-refractivity contribution in [3.05, 3.63) is 23.9 Å². The van der Waals surface area contributed by atoms with E-state index in [2.05, 4.69) is 39.4 Å².